The van der Waals surface area contributed by atoms with Gasteiger partial charge in [0.25, 0.3) is 0 Å². The molecule has 2 atom stereocenters. The highest BCUT2D eigenvalue weighted by molar-refractivity contribution is 5.94. The molecule has 15 heavy (non-hydrogen) atoms. The predicted octanol–water partition coefficient (Wildman–Crippen LogP) is -0.761. The second-order valence-corrected chi connectivity index (χ2v) is 3.18. The van der Waals surface area contributed by atoms with Gasteiger partial charge in [-0.15, -0.1) is 0 Å². The van der Waals surface area contributed by atoms with Crippen LogP contribution in [0, 0.1) is 5.92 Å². The largest absolute Gasteiger partial charge is 0.481 e. The maximum Gasteiger partial charge on any atom is 0.323 e. The number of esters is 1. The lowest BCUT2D eigenvalue weighted by Crippen LogP contribution is -2.48. The number of rotatable bonds is 4. The summed E-state index contributed by atoms with van der Waals surface area (Å²) in [4.78, 5) is 22.3. The highest BCUT2D eigenvalue weighted by Crippen LogP contribution is 2.12. The molecule has 0 aliphatic carbocycles. The first-order valence-corrected chi connectivity index (χ1v) is 4.88. The van der Waals surface area contributed by atoms with E-state index >= 15 is 0 Å². The van der Waals surface area contributed by atoms with Gasteiger partial charge in [-0.3, -0.25) is 9.59 Å². The first-order chi connectivity index (χ1) is 7.16. The minimum atomic E-state index is -1.24. The SMILES string of the molecule is CCOC(=O)C(C(=O)O)C1CNCCO1. The van der Waals surface area contributed by atoms with Crippen molar-refractivity contribution in [3.63, 3.8) is 0 Å². The molecule has 2 unspecified atom stereocenters. The van der Waals surface area contributed by atoms with E-state index in [4.69, 9.17) is 14.6 Å². The smallest absolute Gasteiger partial charge is 0.323 e. The van der Waals surface area contributed by atoms with Gasteiger partial charge < -0.3 is 19.9 Å². The summed E-state index contributed by atoms with van der Waals surface area (Å²) in [5, 5.41) is 11.9. The van der Waals surface area contributed by atoms with Crippen LogP contribution < -0.4 is 5.32 Å². The standard InChI is InChI=1S/C9H15NO5/c1-2-14-9(13)7(8(11)12)6-5-10-3-4-15-6/h6-7,10H,2-5H2,1H3,(H,11,12). The summed E-state index contributed by atoms with van der Waals surface area (Å²) in [6.45, 7) is 3.24. The fraction of sp³-hybridized carbons (Fsp3) is 0.778. The molecule has 0 radical (unpaired) electrons. The summed E-state index contributed by atoms with van der Waals surface area (Å²) in [6, 6.07) is 0. The molecule has 0 aromatic heterocycles. The van der Waals surface area contributed by atoms with Gasteiger partial charge in [0.2, 0.25) is 0 Å². The maximum absolute atomic E-state index is 11.4. The number of ether oxygens (including phenoxy) is 2. The molecule has 0 bridgehead atoms. The molecule has 86 valence electrons. The Morgan fingerprint density at radius 1 is 1.67 bits per heavy atom. The molecule has 0 aromatic carbocycles. The fourth-order valence-electron chi connectivity index (χ4n) is 1.44. The Kier molecular flexibility index (Phi) is 4.51. The Morgan fingerprint density at radius 2 is 2.40 bits per heavy atom. The molecule has 1 aliphatic rings. The third kappa shape index (κ3) is 3.17. The van der Waals surface area contributed by atoms with Crippen molar-refractivity contribution in [2.75, 3.05) is 26.3 Å². The molecule has 1 heterocycles. The molecule has 2 N–H and O–H groups in total. The van der Waals surface area contributed by atoms with Crippen molar-refractivity contribution in [1.29, 1.82) is 0 Å². The first-order valence-electron chi connectivity index (χ1n) is 4.88. The van der Waals surface area contributed by atoms with Gasteiger partial charge in [-0.1, -0.05) is 0 Å². The van der Waals surface area contributed by atoms with Crippen molar-refractivity contribution in [2.24, 2.45) is 5.92 Å². The molecule has 6 nitrogen and oxygen atoms in total. The monoisotopic (exact) mass is 217 g/mol. The topological polar surface area (TPSA) is 84.9 Å². The molecule has 1 saturated heterocycles. The number of carbonyl (C=O) groups excluding carboxylic acids is 1. The van der Waals surface area contributed by atoms with E-state index < -0.39 is 24.0 Å². The minimum Gasteiger partial charge on any atom is -0.481 e. The summed E-state index contributed by atoms with van der Waals surface area (Å²) in [7, 11) is 0. The van der Waals surface area contributed by atoms with Crippen LogP contribution in [0.25, 0.3) is 0 Å². The van der Waals surface area contributed by atoms with E-state index in [9.17, 15) is 9.59 Å². The van der Waals surface area contributed by atoms with Crippen LogP contribution in [0.15, 0.2) is 0 Å². The lowest BCUT2D eigenvalue weighted by atomic mass is 10.0. The minimum absolute atomic E-state index is 0.169. The molecule has 0 spiro atoms. The number of hydrogen-bond donors (Lipinski definition) is 2. The van der Waals surface area contributed by atoms with Crippen LogP contribution in [0.3, 0.4) is 0 Å². The van der Waals surface area contributed by atoms with Crippen LogP contribution in [0.4, 0.5) is 0 Å². The maximum atomic E-state index is 11.4. The molecular weight excluding hydrogens is 202 g/mol. The molecular formula is C9H15NO5. The zero-order valence-corrected chi connectivity index (χ0v) is 8.56. The van der Waals surface area contributed by atoms with E-state index in [1.54, 1.807) is 6.92 Å². The fourth-order valence-corrected chi connectivity index (χ4v) is 1.44. The average molecular weight is 217 g/mol. The summed E-state index contributed by atoms with van der Waals surface area (Å²) >= 11 is 0. The van der Waals surface area contributed by atoms with Crippen LogP contribution in [0.5, 0.6) is 0 Å². The molecule has 0 saturated carbocycles. The zero-order valence-electron chi connectivity index (χ0n) is 8.56. The van der Waals surface area contributed by atoms with Gasteiger partial charge in [-0.25, -0.2) is 0 Å². The van der Waals surface area contributed by atoms with E-state index in [1.807, 2.05) is 0 Å². The molecule has 0 amide bonds. The van der Waals surface area contributed by atoms with Gasteiger partial charge >= 0.3 is 11.9 Å². The number of aliphatic carboxylic acids is 1. The molecule has 1 rings (SSSR count). The van der Waals surface area contributed by atoms with Crippen molar-refractivity contribution in [1.82, 2.24) is 5.32 Å². The van der Waals surface area contributed by atoms with Gasteiger partial charge in [-0.2, -0.15) is 0 Å². The van der Waals surface area contributed by atoms with E-state index in [0.29, 0.717) is 19.7 Å². The quantitative estimate of drug-likeness (QED) is 0.475. The highest BCUT2D eigenvalue weighted by Gasteiger charge is 2.37. The van der Waals surface area contributed by atoms with Crippen LogP contribution >= 0.6 is 0 Å². The lowest BCUT2D eigenvalue weighted by molar-refractivity contribution is -0.166. The first kappa shape index (κ1) is 11.9. The van der Waals surface area contributed by atoms with Crippen LogP contribution in [-0.4, -0.2) is 49.5 Å². The van der Waals surface area contributed by atoms with Crippen LogP contribution in [0.2, 0.25) is 0 Å². The normalized spacial score (nSPS) is 23.1. The Bertz CT molecular complexity index is 237. The summed E-state index contributed by atoms with van der Waals surface area (Å²) in [5.41, 5.74) is 0. The number of carbonyl (C=O) groups is 2. The third-order valence-electron chi connectivity index (χ3n) is 2.13. The Hall–Kier alpha value is -1.14. The summed E-state index contributed by atoms with van der Waals surface area (Å²) < 4.78 is 9.92. The molecule has 1 fully saturated rings. The Balaban J connectivity index is 2.63. The van der Waals surface area contributed by atoms with Gasteiger partial charge in [-0.05, 0) is 6.92 Å². The second kappa shape index (κ2) is 5.67. The number of nitrogens with one attached hydrogen (secondary N) is 1. The van der Waals surface area contributed by atoms with Crippen molar-refractivity contribution < 1.29 is 24.2 Å². The Labute approximate surface area is 87.5 Å². The van der Waals surface area contributed by atoms with Crippen LogP contribution in [-0.2, 0) is 19.1 Å². The molecule has 6 heteroatoms. The predicted molar refractivity (Wildman–Crippen MR) is 50.4 cm³/mol. The summed E-state index contributed by atoms with van der Waals surface area (Å²) in [5.74, 6) is -3.18. The lowest BCUT2D eigenvalue weighted by Gasteiger charge is -2.27. The van der Waals surface area contributed by atoms with E-state index in [-0.39, 0.29) is 6.61 Å². The van der Waals surface area contributed by atoms with E-state index in [1.165, 1.54) is 0 Å². The second-order valence-electron chi connectivity index (χ2n) is 3.18. The number of carboxylic acid groups (broad SMARTS) is 1. The third-order valence-corrected chi connectivity index (χ3v) is 2.13. The van der Waals surface area contributed by atoms with Crippen molar-refractivity contribution in [3.8, 4) is 0 Å². The Morgan fingerprint density at radius 3 is 2.87 bits per heavy atom. The van der Waals surface area contributed by atoms with E-state index in [2.05, 4.69) is 5.32 Å². The average Bonchev–Trinajstić information content (AvgIpc) is 2.19. The van der Waals surface area contributed by atoms with Gasteiger partial charge in [0, 0.05) is 13.1 Å². The van der Waals surface area contributed by atoms with Gasteiger partial charge in [0.05, 0.1) is 19.3 Å². The van der Waals surface area contributed by atoms with E-state index in [0.717, 1.165) is 0 Å². The number of carboxylic acids is 1. The number of morpholine rings is 1. The highest BCUT2D eigenvalue weighted by atomic mass is 16.5. The van der Waals surface area contributed by atoms with Crippen molar-refractivity contribution in [3.05, 3.63) is 0 Å². The summed E-state index contributed by atoms with van der Waals surface area (Å²) in [6.07, 6.45) is -0.643. The molecule has 0 aromatic rings. The van der Waals surface area contributed by atoms with Crippen molar-refractivity contribution in [2.45, 2.75) is 13.0 Å². The number of hydrogen-bond acceptors (Lipinski definition) is 5. The van der Waals surface area contributed by atoms with Crippen molar-refractivity contribution >= 4 is 11.9 Å². The van der Waals surface area contributed by atoms with Gasteiger partial charge in [0.15, 0.2) is 5.92 Å². The molecule has 1 aliphatic heterocycles. The van der Waals surface area contributed by atoms with Crippen LogP contribution in [0.1, 0.15) is 6.92 Å². The van der Waals surface area contributed by atoms with Gasteiger partial charge in [0.1, 0.15) is 0 Å². The zero-order chi connectivity index (χ0) is 11.3.